The fourth-order valence-corrected chi connectivity index (χ4v) is 3.78. The van der Waals surface area contributed by atoms with Gasteiger partial charge in [-0.15, -0.1) is 6.58 Å². The van der Waals surface area contributed by atoms with E-state index < -0.39 is 5.91 Å². The maximum Gasteiger partial charge on any atom is 0.262 e. The molecule has 0 aliphatic carbocycles. The average Bonchev–Trinajstić information content (AvgIpc) is 2.88. The molecule has 0 saturated carbocycles. The molecule has 0 aromatic heterocycles. The molecule has 3 aromatic carbocycles. The number of nitrogens with zero attached hydrogens (tertiary/aromatic N) is 1. The molecule has 184 valence electrons. The fourth-order valence-electron chi connectivity index (χ4n) is 3.65. The van der Waals surface area contributed by atoms with Gasteiger partial charge in [0.25, 0.3) is 5.91 Å². The average molecular weight is 501 g/mol. The highest BCUT2D eigenvalue weighted by Crippen LogP contribution is 2.35. The van der Waals surface area contributed by atoms with Gasteiger partial charge in [0.05, 0.1) is 12.6 Å². The van der Waals surface area contributed by atoms with Crippen LogP contribution in [-0.2, 0) is 17.8 Å². The highest BCUT2D eigenvalue weighted by molar-refractivity contribution is 6.30. The van der Waals surface area contributed by atoms with E-state index in [-0.39, 0.29) is 11.6 Å². The molecule has 1 atom stereocenters. The molecule has 0 radical (unpaired) electrons. The minimum atomic E-state index is -0.444. The first kappa shape index (κ1) is 26.6. The fraction of sp³-hybridized carbons (Fsp3) is 0.200. The molecular weight excluding hydrogens is 472 g/mol. The van der Waals surface area contributed by atoms with Crippen molar-refractivity contribution in [3.8, 4) is 17.6 Å². The zero-order valence-electron chi connectivity index (χ0n) is 20.5. The number of nitrogens with one attached hydrogen (secondary N) is 1. The van der Waals surface area contributed by atoms with Crippen molar-refractivity contribution in [1.29, 1.82) is 5.26 Å². The van der Waals surface area contributed by atoms with Crippen LogP contribution in [-0.4, -0.2) is 12.5 Å². The van der Waals surface area contributed by atoms with Crippen molar-refractivity contribution >= 4 is 23.6 Å². The number of halogens is 1. The standard InChI is InChI=1S/C30H29ClN2O3/c1-4-9-25-16-23(17-26(19-32)30(34)33-21(3)24-10-7-6-8-11-24)18-28(35-5-2)29(25)36-20-22-12-14-27(31)15-13-22/h4,6-8,10-18,21H,1,5,9,20H2,2-3H3,(H,33,34)/b26-17-/t21-/m0/s1. The van der Waals surface area contributed by atoms with E-state index in [1.807, 2.05) is 80.6 Å². The molecule has 0 unspecified atom stereocenters. The van der Waals surface area contributed by atoms with Crippen molar-refractivity contribution in [3.63, 3.8) is 0 Å². The summed E-state index contributed by atoms with van der Waals surface area (Å²) in [7, 11) is 0. The Balaban J connectivity index is 1.89. The van der Waals surface area contributed by atoms with Crippen LogP contribution in [0.1, 0.15) is 42.1 Å². The number of nitriles is 1. The van der Waals surface area contributed by atoms with E-state index in [1.165, 1.54) is 0 Å². The number of rotatable bonds is 11. The first-order valence-corrected chi connectivity index (χ1v) is 12.1. The van der Waals surface area contributed by atoms with Crippen molar-refractivity contribution < 1.29 is 14.3 Å². The van der Waals surface area contributed by atoms with Crippen molar-refractivity contribution in [3.05, 3.63) is 112 Å². The molecular formula is C30H29ClN2O3. The Morgan fingerprint density at radius 2 is 1.86 bits per heavy atom. The van der Waals surface area contributed by atoms with Crippen LogP contribution in [0.2, 0.25) is 5.02 Å². The number of benzene rings is 3. The molecule has 1 N–H and O–H groups in total. The first-order chi connectivity index (χ1) is 17.4. The van der Waals surface area contributed by atoms with Crippen LogP contribution in [0, 0.1) is 11.3 Å². The predicted molar refractivity (Wildman–Crippen MR) is 144 cm³/mol. The van der Waals surface area contributed by atoms with Crippen molar-refractivity contribution in [2.24, 2.45) is 0 Å². The molecule has 1 amide bonds. The summed E-state index contributed by atoms with van der Waals surface area (Å²) >= 11 is 5.98. The second-order valence-electron chi connectivity index (χ2n) is 8.12. The van der Waals surface area contributed by atoms with Gasteiger partial charge in [0, 0.05) is 10.6 Å². The summed E-state index contributed by atoms with van der Waals surface area (Å²) in [6.45, 7) is 8.38. The predicted octanol–water partition coefficient (Wildman–Crippen LogP) is 6.83. The summed E-state index contributed by atoms with van der Waals surface area (Å²) in [5.41, 5.74) is 3.42. The monoisotopic (exact) mass is 500 g/mol. The Bertz CT molecular complexity index is 1260. The van der Waals surface area contributed by atoms with Gasteiger partial charge in [-0.25, -0.2) is 0 Å². The van der Waals surface area contributed by atoms with E-state index in [0.717, 1.165) is 16.7 Å². The highest BCUT2D eigenvalue weighted by atomic mass is 35.5. The third-order valence-corrected chi connectivity index (χ3v) is 5.69. The van der Waals surface area contributed by atoms with Crippen molar-refractivity contribution in [1.82, 2.24) is 5.32 Å². The molecule has 3 rings (SSSR count). The summed E-state index contributed by atoms with van der Waals surface area (Å²) in [5.74, 6) is 0.692. The Hall–Kier alpha value is -4.01. The number of carbonyl (C=O) groups excluding carboxylic acids is 1. The third kappa shape index (κ3) is 7.24. The summed E-state index contributed by atoms with van der Waals surface area (Å²) in [6.07, 6.45) is 3.86. The Morgan fingerprint density at radius 1 is 1.14 bits per heavy atom. The van der Waals surface area contributed by atoms with Crippen molar-refractivity contribution in [2.45, 2.75) is 32.9 Å². The Labute approximate surface area is 217 Å². The van der Waals surface area contributed by atoms with Gasteiger partial charge in [0.1, 0.15) is 18.2 Å². The molecule has 0 saturated heterocycles. The molecule has 0 bridgehead atoms. The van der Waals surface area contributed by atoms with Crippen LogP contribution in [0.3, 0.4) is 0 Å². The lowest BCUT2D eigenvalue weighted by Crippen LogP contribution is -2.27. The van der Waals surface area contributed by atoms with E-state index in [2.05, 4.69) is 11.9 Å². The highest BCUT2D eigenvalue weighted by Gasteiger charge is 2.17. The van der Waals surface area contributed by atoms with Gasteiger partial charge in [0.2, 0.25) is 0 Å². The van der Waals surface area contributed by atoms with Crippen molar-refractivity contribution in [2.75, 3.05) is 6.61 Å². The lowest BCUT2D eigenvalue weighted by atomic mass is 10.0. The maximum absolute atomic E-state index is 12.9. The molecule has 3 aromatic rings. The number of hydrogen-bond donors (Lipinski definition) is 1. The molecule has 0 heterocycles. The van der Waals surface area contributed by atoms with Crippen LogP contribution in [0.4, 0.5) is 0 Å². The van der Waals surface area contributed by atoms with Gasteiger partial charge in [-0.05, 0) is 67.3 Å². The van der Waals surface area contributed by atoms with Gasteiger partial charge in [-0.2, -0.15) is 5.26 Å². The Kier molecular flexibility index (Phi) is 9.73. The van der Waals surface area contributed by atoms with Gasteiger partial charge in [0.15, 0.2) is 11.5 Å². The van der Waals surface area contributed by atoms with E-state index in [1.54, 1.807) is 18.2 Å². The summed E-state index contributed by atoms with van der Waals surface area (Å²) in [6, 6.07) is 22.5. The van der Waals surface area contributed by atoms with Gasteiger partial charge < -0.3 is 14.8 Å². The number of hydrogen-bond acceptors (Lipinski definition) is 4. The molecule has 36 heavy (non-hydrogen) atoms. The van der Waals surface area contributed by atoms with Crippen LogP contribution in [0.5, 0.6) is 11.5 Å². The smallest absolute Gasteiger partial charge is 0.262 e. The van der Waals surface area contributed by atoms with Gasteiger partial charge in [-0.3, -0.25) is 4.79 Å². The second kappa shape index (κ2) is 13.2. The Morgan fingerprint density at radius 3 is 2.50 bits per heavy atom. The third-order valence-electron chi connectivity index (χ3n) is 5.44. The summed E-state index contributed by atoms with van der Waals surface area (Å²) in [5, 5.41) is 13.3. The largest absolute Gasteiger partial charge is 0.490 e. The molecule has 0 spiro atoms. The molecule has 5 nitrogen and oxygen atoms in total. The van der Waals surface area contributed by atoms with Crippen LogP contribution in [0.25, 0.3) is 6.08 Å². The summed E-state index contributed by atoms with van der Waals surface area (Å²) in [4.78, 5) is 12.9. The maximum atomic E-state index is 12.9. The minimum absolute atomic E-state index is 0.000356. The quantitative estimate of drug-likeness (QED) is 0.178. The topological polar surface area (TPSA) is 71.4 Å². The normalized spacial score (nSPS) is 11.8. The van der Waals surface area contributed by atoms with Crippen LogP contribution < -0.4 is 14.8 Å². The molecule has 0 fully saturated rings. The number of amides is 1. The van der Waals surface area contributed by atoms with E-state index in [0.29, 0.717) is 41.7 Å². The second-order valence-corrected chi connectivity index (χ2v) is 8.56. The first-order valence-electron chi connectivity index (χ1n) is 11.7. The van der Waals surface area contributed by atoms with E-state index in [9.17, 15) is 10.1 Å². The van der Waals surface area contributed by atoms with E-state index in [4.69, 9.17) is 21.1 Å². The number of carbonyl (C=O) groups is 1. The van der Waals surface area contributed by atoms with Gasteiger partial charge >= 0.3 is 0 Å². The summed E-state index contributed by atoms with van der Waals surface area (Å²) < 4.78 is 12.0. The zero-order valence-corrected chi connectivity index (χ0v) is 21.2. The van der Waals surface area contributed by atoms with Gasteiger partial charge in [-0.1, -0.05) is 60.1 Å². The number of allylic oxidation sites excluding steroid dienone is 1. The zero-order chi connectivity index (χ0) is 25.9. The molecule has 0 aliphatic heterocycles. The van der Waals surface area contributed by atoms with E-state index >= 15 is 0 Å². The molecule has 6 heteroatoms. The number of ether oxygens (including phenoxy) is 2. The SMILES string of the molecule is C=CCc1cc(/C=C(/C#N)C(=O)N[C@@H](C)c2ccccc2)cc(OCC)c1OCc1ccc(Cl)cc1. The van der Waals surface area contributed by atoms with Crippen LogP contribution >= 0.6 is 11.6 Å². The lowest BCUT2D eigenvalue weighted by molar-refractivity contribution is -0.117. The minimum Gasteiger partial charge on any atom is -0.490 e. The van der Waals surface area contributed by atoms with Crippen LogP contribution in [0.15, 0.2) is 85.0 Å². The lowest BCUT2D eigenvalue weighted by Gasteiger charge is -2.17. The molecule has 0 aliphatic rings.